The average Bonchev–Trinajstić information content (AvgIpc) is 2.57. The minimum atomic E-state index is -0.603. The van der Waals surface area contributed by atoms with E-state index in [1.54, 1.807) is 6.07 Å². The van der Waals surface area contributed by atoms with Crippen molar-refractivity contribution in [3.8, 4) is 5.75 Å². The lowest BCUT2D eigenvalue weighted by atomic mass is 10.2. The van der Waals surface area contributed by atoms with Gasteiger partial charge in [0.1, 0.15) is 11.6 Å². The highest BCUT2D eigenvalue weighted by atomic mass is 19.1. The fourth-order valence-electron chi connectivity index (χ4n) is 1.93. The Kier molecular flexibility index (Phi) is 6.31. The summed E-state index contributed by atoms with van der Waals surface area (Å²) in [5, 5.41) is 2.33. The summed E-state index contributed by atoms with van der Waals surface area (Å²) in [4.78, 5) is 23.2. The Morgan fingerprint density at radius 2 is 1.79 bits per heavy atom. The van der Waals surface area contributed by atoms with E-state index < -0.39 is 24.3 Å². The highest BCUT2D eigenvalue weighted by Crippen LogP contribution is 2.16. The van der Waals surface area contributed by atoms with Gasteiger partial charge in [0.15, 0.2) is 6.61 Å². The molecule has 0 fully saturated rings. The number of rotatable bonds is 7. The van der Waals surface area contributed by atoms with Gasteiger partial charge >= 0.3 is 5.97 Å². The van der Waals surface area contributed by atoms with Gasteiger partial charge in [-0.1, -0.05) is 30.3 Å². The number of nitrogens with one attached hydrogen (secondary N) is 1. The molecule has 0 unspecified atom stereocenters. The van der Waals surface area contributed by atoms with Crippen LogP contribution in [0.25, 0.3) is 0 Å². The molecule has 2 rings (SSSR count). The van der Waals surface area contributed by atoms with E-state index in [0.717, 1.165) is 5.56 Å². The number of aryl methyl sites for hydroxylation is 1. The second kappa shape index (κ2) is 8.67. The number of carbonyl (C=O) groups excluding carboxylic acids is 2. The van der Waals surface area contributed by atoms with E-state index in [2.05, 4.69) is 5.32 Å². The lowest BCUT2D eigenvalue weighted by molar-refractivity contribution is -0.147. The van der Waals surface area contributed by atoms with E-state index in [1.165, 1.54) is 18.2 Å². The Bertz CT molecular complexity index is 718. The predicted molar refractivity (Wildman–Crippen MR) is 87.3 cm³/mol. The molecule has 0 aliphatic carbocycles. The molecule has 5 nitrogen and oxygen atoms in total. The SMILES string of the molecule is Cc1ccccc1OCCC(=O)OCC(=O)Nc1ccccc1F. The van der Waals surface area contributed by atoms with Crippen LogP contribution < -0.4 is 10.1 Å². The summed E-state index contributed by atoms with van der Waals surface area (Å²) in [7, 11) is 0. The van der Waals surface area contributed by atoms with Gasteiger partial charge in [0.2, 0.25) is 0 Å². The Labute approximate surface area is 139 Å². The lowest BCUT2D eigenvalue weighted by Crippen LogP contribution is -2.22. The van der Waals surface area contributed by atoms with Gasteiger partial charge in [-0.25, -0.2) is 4.39 Å². The Morgan fingerprint density at radius 3 is 2.54 bits per heavy atom. The molecule has 1 amide bonds. The molecule has 2 aromatic carbocycles. The molecule has 0 atom stereocenters. The van der Waals surface area contributed by atoms with Gasteiger partial charge in [0.05, 0.1) is 18.7 Å². The third-order valence-electron chi connectivity index (χ3n) is 3.17. The predicted octanol–water partition coefficient (Wildman–Crippen LogP) is 3.08. The van der Waals surface area contributed by atoms with Crippen LogP contribution in [0.2, 0.25) is 0 Å². The monoisotopic (exact) mass is 331 g/mol. The number of ether oxygens (including phenoxy) is 2. The smallest absolute Gasteiger partial charge is 0.309 e. The molecule has 0 aromatic heterocycles. The highest BCUT2D eigenvalue weighted by Gasteiger charge is 2.10. The minimum Gasteiger partial charge on any atom is -0.493 e. The van der Waals surface area contributed by atoms with Gasteiger partial charge < -0.3 is 14.8 Å². The third-order valence-corrected chi connectivity index (χ3v) is 3.17. The first-order valence-corrected chi connectivity index (χ1v) is 7.44. The van der Waals surface area contributed by atoms with Crippen molar-refractivity contribution in [2.75, 3.05) is 18.5 Å². The third kappa shape index (κ3) is 5.39. The number of para-hydroxylation sites is 2. The molecule has 1 N–H and O–H groups in total. The summed E-state index contributed by atoms with van der Waals surface area (Å²) < 4.78 is 23.7. The van der Waals surface area contributed by atoms with E-state index in [9.17, 15) is 14.0 Å². The fraction of sp³-hybridized carbons (Fsp3) is 0.222. The van der Waals surface area contributed by atoms with Crippen LogP contribution in [0, 0.1) is 12.7 Å². The molecule has 24 heavy (non-hydrogen) atoms. The van der Waals surface area contributed by atoms with Crippen LogP contribution in [0.4, 0.5) is 10.1 Å². The number of hydrogen-bond donors (Lipinski definition) is 1. The summed E-state index contributed by atoms with van der Waals surface area (Å²) in [6.45, 7) is 1.58. The van der Waals surface area contributed by atoms with Gasteiger partial charge in [-0.3, -0.25) is 9.59 Å². The van der Waals surface area contributed by atoms with Gasteiger partial charge in [0, 0.05) is 0 Å². The summed E-state index contributed by atoms with van der Waals surface area (Å²) in [5.74, 6) is -1.02. The highest BCUT2D eigenvalue weighted by molar-refractivity contribution is 5.92. The molecule has 0 aliphatic heterocycles. The number of halogens is 1. The van der Waals surface area contributed by atoms with E-state index in [-0.39, 0.29) is 18.7 Å². The van der Waals surface area contributed by atoms with E-state index >= 15 is 0 Å². The summed E-state index contributed by atoms with van der Waals surface area (Å²) in [6, 6.07) is 13.2. The molecule has 0 heterocycles. The van der Waals surface area contributed by atoms with Crippen molar-refractivity contribution in [2.45, 2.75) is 13.3 Å². The number of carbonyl (C=O) groups is 2. The van der Waals surface area contributed by atoms with Gasteiger partial charge in [-0.2, -0.15) is 0 Å². The van der Waals surface area contributed by atoms with Crippen molar-refractivity contribution < 1.29 is 23.5 Å². The molecule has 0 spiro atoms. The zero-order valence-corrected chi connectivity index (χ0v) is 13.3. The average molecular weight is 331 g/mol. The van der Waals surface area contributed by atoms with Crippen LogP contribution in [0.3, 0.4) is 0 Å². The molecule has 0 saturated carbocycles. The zero-order valence-electron chi connectivity index (χ0n) is 13.3. The number of anilines is 1. The van der Waals surface area contributed by atoms with Crippen LogP contribution in [-0.2, 0) is 14.3 Å². The first-order chi connectivity index (χ1) is 11.6. The molecule has 0 aliphatic rings. The number of hydrogen-bond acceptors (Lipinski definition) is 4. The Balaban J connectivity index is 1.68. The summed E-state index contributed by atoms with van der Waals surface area (Å²) in [5.41, 5.74) is 1.01. The minimum absolute atomic E-state index is 0.0152. The molecule has 6 heteroatoms. The molecular formula is C18H18FNO4. The quantitative estimate of drug-likeness (QED) is 0.792. The van der Waals surface area contributed by atoms with Crippen LogP contribution in [0.15, 0.2) is 48.5 Å². The number of amides is 1. The van der Waals surface area contributed by atoms with Crippen LogP contribution in [0.1, 0.15) is 12.0 Å². The first kappa shape index (κ1) is 17.5. The first-order valence-electron chi connectivity index (χ1n) is 7.44. The molecule has 0 saturated heterocycles. The maximum Gasteiger partial charge on any atom is 0.309 e. The molecular weight excluding hydrogens is 313 g/mol. The molecule has 0 radical (unpaired) electrons. The maximum atomic E-state index is 13.4. The second-order valence-electron chi connectivity index (χ2n) is 5.05. The lowest BCUT2D eigenvalue weighted by Gasteiger charge is -2.09. The van der Waals surface area contributed by atoms with E-state index in [1.807, 2.05) is 31.2 Å². The Hall–Kier alpha value is -2.89. The van der Waals surface area contributed by atoms with Gasteiger partial charge in [0.25, 0.3) is 5.91 Å². The summed E-state index contributed by atoms with van der Waals surface area (Å²) in [6.07, 6.45) is 0.0152. The van der Waals surface area contributed by atoms with Crippen molar-refractivity contribution in [1.82, 2.24) is 0 Å². The van der Waals surface area contributed by atoms with Crippen LogP contribution in [-0.4, -0.2) is 25.1 Å². The summed E-state index contributed by atoms with van der Waals surface area (Å²) >= 11 is 0. The topological polar surface area (TPSA) is 64.6 Å². The van der Waals surface area contributed by atoms with Crippen molar-refractivity contribution in [2.24, 2.45) is 0 Å². The van der Waals surface area contributed by atoms with Crippen LogP contribution in [0.5, 0.6) is 5.75 Å². The Morgan fingerprint density at radius 1 is 1.08 bits per heavy atom. The normalized spacial score (nSPS) is 10.1. The van der Waals surface area contributed by atoms with Crippen molar-refractivity contribution in [1.29, 1.82) is 0 Å². The zero-order chi connectivity index (χ0) is 17.4. The van der Waals surface area contributed by atoms with Gasteiger partial charge in [-0.05, 0) is 30.7 Å². The fourth-order valence-corrected chi connectivity index (χ4v) is 1.93. The van der Waals surface area contributed by atoms with Gasteiger partial charge in [-0.15, -0.1) is 0 Å². The second-order valence-corrected chi connectivity index (χ2v) is 5.05. The molecule has 2 aromatic rings. The maximum absolute atomic E-state index is 13.4. The van der Waals surface area contributed by atoms with Crippen molar-refractivity contribution in [3.05, 3.63) is 59.9 Å². The van der Waals surface area contributed by atoms with E-state index in [0.29, 0.717) is 5.75 Å². The van der Waals surface area contributed by atoms with E-state index in [4.69, 9.17) is 9.47 Å². The largest absolute Gasteiger partial charge is 0.493 e. The molecule has 0 bridgehead atoms. The van der Waals surface area contributed by atoms with Crippen LogP contribution >= 0.6 is 0 Å². The number of benzene rings is 2. The molecule has 126 valence electrons. The number of esters is 1. The standard InChI is InChI=1S/C18H18FNO4/c1-13-6-2-5-9-16(13)23-11-10-18(22)24-12-17(21)20-15-8-4-3-7-14(15)19/h2-9H,10-12H2,1H3,(H,20,21). The van der Waals surface area contributed by atoms with Crippen molar-refractivity contribution >= 4 is 17.6 Å². The van der Waals surface area contributed by atoms with Crippen molar-refractivity contribution in [3.63, 3.8) is 0 Å².